The maximum absolute atomic E-state index is 12.6. The molecule has 0 saturated carbocycles. The first-order valence-electron chi connectivity index (χ1n) is 10.0. The Morgan fingerprint density at radius 1 is 1.03 bits per heavy atom. The van der Waals surface area contributed by atoms with E-state index in [0.717, 1.165) is 49.5 Å². The monoisotopic (exact) mass is 562 g/mol. The molecule has 1 heterocycles. The van der Waals surface area contributed by atoms with Crippen LogP contribution in [0.1, 0.15) is 27.0 Å². The number of hydrogen-bond donors (Lipinski definition) is 3. The van der Waals surface area contributed by atoms with Gasteiger partial charge in [0.1, 0.15) is 5.75 Å². The molecule has 174 valence electrons. The van der Waals surface area contributed by atoms with Crippen molar-refractivity contribution in [1.82, 2.24) is 16.0 Å². The second kappa shape index (κ2) is 11.9. The van der Waals surface area contributed by atoms with Gasteiger partial charge in [-0.1, -0.05) is 12.1 Å². The zero-order valence-corrected chi connectivity index (χ0v) is 19.9. The van der Waals surface area contributed by atoms with Crippen molar-refractivity contribution >= 4 is 35.8 Å². The highest BCUT2D eigenvalue weighted by Gasteiger charge is 2.30. The molecule has 0 atom stereocenters. The summed E-state index contributed by atoms with van der Waals surface area (Å²) in [6.45, 7) is 2.15. The van der Waals surface area contributed by atoms with Crippen LogP contribution >= 0.6 is 24.0 Å². The highest BCUT2D eigenvalue weighted by atomic mass is 127. The molecular weight excluding hydrogens is 536 g/mol. The van der Waals surface area contributed by atoms with Crippen molar-refractivity contribution in [2.45, 2.75) is 19.0 Å². The number of benzene rings is 2. The summed E-state index contributed by atoms with van der Waals surface area (Å²) in [5.74, 6) is 1.14. The molecule has 10 heteroatoms. The van der Waals surface area contributed by atoms with E-state index >= 15 is 0 Å². The van der Waals surface area contributed by atoms with Crippen molar-refractivity contribution in [2.24, 2.45) is 4.99 Å². The normalized spacial score (nSPS) is 12.9. The van der Waals surface area contributed by atoms with Gasteiger partial charge in [0.25, 0.3) is 5.91 Å². The Labute approximate surface area is 202 Å². The maximum atomic E-state index is 12.6. The topological polar surface area (TPSA) is 74.8 Å². The minimum Gasteiger partial charge on any atom is -0.493 e. The lowest BCUT2D eigenvalue weighted by Gasteiger charge is -2.13. The number of halogens is 4. The van der Waals surface area contributed by atoms with E-state index in [9.17, 15) is 18.0 Å². The van der Waals surface area contributed by atoms with Gasteiger partial charge in [-0.05, 0) is 47.9 Å². The summed E-state index contributed by atoms with van der Waals surface area (Å²) in [6.07, 6.45) is -2.65. The molecule has 0 saturated heterocycles. The molecule has 0 bridgehead atoms. The van der Waals surface area contributed by atoms with Crippen LogP contribution in [0, 0.1) is 0 Å². The SMILES string of the molecule is CN=C(NCCNC(=O)c1ccc(C(F)(F)F)cc1)NCCc1ccc2c(c1)CCO2.I. The summed E-state index contributed by atoms with van der Waals surface area (Å²) in [7, 11) is 1.66. The van der Waals surface area contributed by atoms with E-state index < -0.39 is 17.6 Å². The van der Waals surface area contributed by atoms with E-state index in [-0.39, 0.29) is 29.5 Å². The number of carbonyl (C=O) groups excluding carboxylic acids is 1. The number of hydrogen-bond acceptors (Lipinski definition) is 3. The molecule has 0 unspecified atom stereocenters. The Kier molecular flexibility index (Phi) is 9.60. The molecule has 1 amide bonds. The summed E-state index contributed by atoms with van der Waals surface area (Å²) in [5, 5.41) is 8.97. The fourth-order valence-corrected chi connectivity index (χ4v) is 3.21. The largest absolute Gasteiger partial charge is 0.493 e. The Hall–Kier alpha value is -2.50. The molecule has 1 aliphatic rings. The fourth-order valence-electron chi connectivity index (χ4n) is 3.21. The maximum Gasteiger partial charge on any atom is 0.416 e. The molecule has 2 aromatic rings. The third-order valence-electron chi connectivity index (χ3n) is 4.86. The lowest BCUT2D eigenvalue weighted by Crippen LogP contribution is -2.42. The minimum absolute atomic E-state index is 0. The third kappa shape index (κ3) is 7.28. The van der Waals surface area contributed by atoms with Crippen molar-refractivity contribution < 1.29 is 22.7 Å². The van der Waals surface area contributed by atoms with Crippen molar-refractivity contribution in [3.63, 3.8) is 0 Å². The number of amides is 1. The van der Waals surface area contributed by atoms with E-state index in [2.05, 4.69) is 33.1 Å². The number of nitrogens with one attached hydrogen (secondary N) is 3. The molecular formula is C22H26F3IN4O2. The minimum atomic E-state index is -4.42. The van der Waals surface area contributed by atoms with Crippen molar-refractivity contribution in [3.8, 4) is 5.75 Å². The Balaban J connectivity index is 0.00000363. The molecule has 0 fully saturated rings. The van der Waals surface area contributed by atoms with E-state index in [1.54, 1.807) is 7.05 Å². The van der Waals surface area contributed by atoms with Gasteiger partial charge >= 0.3 is 6.18 Å². The molecule has 32 heavy (non-hydrogen) atoms. The third-order valence-corrected chi connectivity index (χ3v) is 4.86. The standard InChI is InChI=1S/C22H25F3N4O2.HI/c1-26-21(28-10-8-15-2-7-19-17(14-15)9-13-31-19)29-12-11-27-20(30)16-3-5-18(6-4-16)22(23,24)25;/h2-7,14H,8-13H2,1H3,(H,27,30)(H2,26,28,29);1H. The molecule has 1 aliphatic heterocycles. The van der Waals surface area contributed by atoms with Crippen LogP contribution in [0.2, 0.25) is 0 Å². The van der Waals surface area contributed by atoms with E-state index in [0.29, 0.717) is 25.6 Å². The molecule has 0 radical (unpaired) electrons. The fraction of sp³-hybridized carbons (Fsp3) is 0.364. The first-order chi connectivity index (χ1) is 14.9. The molecule has 6 nitrogen and oxygen atoms in total. The predicted octanol–water partition coefficient (Wildman–Crippen LogP) is 3.40. The van der Waals surface area contributed by atoms with E-state index in [1.807, 2.05) is 6.07 Å². The van der Waals surface area contributed by atoms with Crippen LogP contribution in [0.3, 0.4) is 0 Å². The van der Waals surface area contributed by atoms with E-state index in [4.69, 9.17) is 4.74 Å². The summed E-state index contributed by atoms with van der Waals surface area (Å²) >= 11 is 0. The molecule has 2 aromatic carbocycles. The number of nitrogens with zero attached hydrogens (tertiary/aromatic N) is 1. The summed E-state index contributed by atoms with van der Waals surface area (Å²) < 4.78 is 43.3. The number of fused-ring (bicyclic) bond motifs is 1. The Morgan fingerprint density at radius 2 is 1.72 bits per heavy atom. The van der Waals surface area contributed by atoms with Gasteiger partial charge in [-0.3, -0.25) is 9.79 Å². The zero-order chi connectivity index (χ0) is 22.3. The molecule has 3 rings (SSSR count). The van der Waals surface area contributed by atoms with Crippen LogP contribution in [-0.4, -0.2) is 45.2 Å². The molecule has 3 N–H and O–H groups in total. The van der Waals surface area contributed by atoms with Gasteiger partial charge in [-0.2, -0.15) is 13.2 Å². The van der Waals surface area contributed by atoms with Crippen LogP contribution < -0.4 is 20.7 Å². The van der Waals surface area contributed by atoms with Gasteiger partial charge in [0, 0.05) is 38.7 Å². The van der Waals surface area contributed by atoms with Crippen molar-refractivity contribution in [3.05, 3.63) is 64.7 Å². The first-order valence-corrected chi connectivity index (χ1v) is 10.0. The average molecular weight is 562 g/mol. The lowest BCUT2D eigenvalue weighted by molar-refractivity contribution is -0.137. The van der Waals surface area contributed by atoms with Crippen molar-refractivity contribution in [2.75, 3.05) is 33.3 Å². The van der Waals surface area contributed by atoms with Gasteiger partial charge in [0.05, 0.1) is 12.2 Å². The highest BCUT2D eigenvalue weighted by Crippen LogP contribution is 2.29. The average Bonchev–Trinajstić information content (AvgIpc) is 3.22. The highest BCUT2D eigenvalue weighted by molar-refractivity contribution is 14.0. The number of aliphatic imine (C=N–C) groups is 1. The number of alkyl halides is 3. The van der Waals surface area contributed by atoms with Gasteiger partial charge < -0.3 is 20.7 Å². The van der Waals surface area contributed by atoms with Crippen molar-refractivity contribution in [1.29, 1.82) is 0 Å². The summed E-state index contributed by atoms with van der Waals surface area (Å²) in [5.41, 5.74) is 1.85. The molecule has 0 aromatic heterocycles. The number of guanidine groups is 1. The van der Waals surface area contributed by atoms with Crippen LogP contribution in [0.5, 0.6) is 5.75 Å². The number of rotatable bonds is 7. The van der Waals surface area contributed by atoms with Crippen LogP contribution in [0.4, 0.5) is 13.2 Å². The zero-order valence-electron chi connectivity index (χ0n) is 17.6. The van der Waals surface area contributed by atoms with Gasteiger partial charge in [0.2, 0.25) is 0 Å². The summed E-state index contributed by atoms with van der Waals surface area (Å²) in [6, 6.07) is 10.3. The van der Waals surface area contributed by atoms with Gasteiger partial charge in [-0.25, -0.2) is 0 Å². The number of ether oxygens (including phenoxy) is 1. The second-order valence-electron chi connectivity index (χ2n) is 7.05. The van der Waals surface area contributed by atoms with Crippen LogP contribution in [0.25, 0.3) is 0 Å². The van der Waals surface area contributed by atoms with Crippen LogP contribution in [-0.2, 0) is 19.0 Å². The number of carbonyl (C=O) groups is 1. The Bertz CT molecular complexity index is 934. The summed E-state index contributed by atoms with van der Waals surface area (Å²) in [4.78, 5) is 16.2. The Morgan fingerprint density at radius 3 is 2.41 bits per heavy atom. The first kappa shape index (κ1) is 25.8. The van der Waals surface area contributed by atoms with Crippen LogP contribution in [0.15, 0.2) is 47.5 Å². The molecule has 0 aliphatic carbocycles. The molecule has 0 spiro atoms. The van der Waals surface area contributed by atoms with Gasteiger partial charge in [-0.15, -0.1) is 24.0 Å². The van der Waals surface area contributed by atoms with E-state index in [1.165, 1.54) is 11.1 Å². The predicted molar refractivity (Wildman–Crippen MR) is 128 cm³/mol. The van der Waals surface area contributed by atoms with Gasteiger partial charge in [0.15, 0.2) is 5.96 Å². The smallest absolute Gasteiger partial charge is 0.416 e. The quantitative estimate of drug-likeness (QED) is 0.210. The lowest BCUT2D eigenvalue weighted by atomic mass is 10.1. The second-order valence-corrected chi connectivity index (χ2v) is 7.05.